The molecule has 0 amide bonds. The minimum absolute atomic E-state index is 0.129. The van der Waals surface area contributed by atoms with Crippen LogP contribution in [0.2, 0.25) is 5.02 Å². The van der Waals surface area contributed by atoms with Crippen molar-refractivity contribution in [2.45, 2.75) is 50.1 Å². The van der Waals surface area contributed by atoms with Gasteiger partial charge in [0.25, 0.3) is 0 Å². The largest absolute Gasteiger partial charge is 0.379 e. The summed E-state index contributed by atoms with van der Waals surface area (Å²) in [7, 11) is 0. The Morgan fingerprint density at radius 2 is 1.78 bits per heavy atom. The van der Waals surface area contributed by atoms with Crippen LogP contribution in [-0.2, 0) is 10.3 Å². The minimum atomic E-state index is 0.129. The normalized spacial score (nSPS) is 29.8. The van der Waals surface area contributed by atoms with E-state index in [-0.39, 0.29) is 5.54 Å². The highest BCUT2D eigenvalue weighted by Gasteiger charge is 2.44. The van der Waals surface area contributed by atoms with E-state index in [1.807, 2.05) is 0 Å². The van der Waals surface area contributed by atoms with Gasteiger partial charge in [-0.25, -0.2) is 0 Å². The lowest BCUT2D eigenvalue weighted by Gasteiger charge is -2.50. The lowest BCUT2D eigenvalue weighted by Crippen LogP contribution is -2.53. The number of ether oxygens (including phenoxy) is 1. The van der Waals surface area contributed by atoms with E-state index in [9.17, 15) is 0 Å². The van der Waals surface area contributed by atoms with E-state index in [0.717, 1.165) is 43.8 Å². The predicted molar refractivity (Wildman–Crippen MR) is 112 cm³/mol. The first-order valence-electron chi connectivity index (χ1n) is 10.6. The van der Waals surface area contributed by atoms with Crippen LogP contribution in [0, 0.1) is 5.92 Å². The van der Waals surface area contributed by atoms with Gasteiger partial charge in [0, 0.05) is 42.8 Å². The summed E-state index contributed by atoms with van der Waals surface area (Å²) in [6.07, 6.45) is 9.84. The number of benzene rings is 1. The molecular formula is C23H33ClN2O. The van der Waals surface area contributed by atoms with Crippen LogP contribution in [0.5, 0.6) is 0 Å². The zero-order valence-corrected chi connectivity index (χ0v) is 17.2. The van der Waals surface area contributed by atoms with Crippen molar-refractivity contribution >= 4 is 11.6 Å². The van der Waals surface area contributed by atoms with E-state index >= 15 is 0 Å². The minimum Gasteiger partial charge on any atom is -0.379 e. The van der Waals surface area contributed by atoms with Crippen molar-refractivity contribution in [2.75, 3.05) is 39.4 Å². The van der Waals surface area contributed by atoms with E-state index in [2.05, 4.69) is 46.7 Å². The van der Waals surface area contributed by atoms with Gasteiger partial charge in [-0.2, -0.15) is 0 Å². The monoisotopic (exact) mass is 388 g/mol. The van der Waals surface area contributed by atoms with Crippen LogP contribution < -0.4 is 0 Å². The summed E-state index contributed by atoms with van der Waals surface area (Å²) in [5.41, 5.74) is 1.57. The molecule has 2 saturated carbocycles. The van der Waals surface area contributed by atoms with Crippen LogP contribution in [0.25, 0.3) is 0 Å². The molecule has 4 rings (SSSR count). The highest BCUT2D eigenvalue weighted by Crippen LogP contribution is 2.45. The third kappa shape index (κ3) is 4.42. The Kier molecular flexibility index (Phi) is 6.23. The molecule has 0 atom stereocenters. The fourth-order valence-electron chi connectivity index (χ4n) is 5.13. The van der Waals surface area contributed by atoms with Crippen LogP contribution >= 0.6 is 11.6 Å². The first-order chi connectivity index (χ1) is 13.2. The first kappa shape index (κ1) is 19.4. The van der Waals surface area contributed by atoms with Crippen LogP contribution in [0.4, 0.5) is 0 Å². The fourth-order valence-corrected chi connectivity index (χ4v) is 5.25. The van der Waals surface area contributed by atoms with Gasteiger partial charge in [-0.15, -0.1) is 6.58 Å². The highest BCUT2D eigenvalue weighted by molar-refractivity contribution is 6.30. The lowest BCUT2D eigenvalue weighted by atomic mass is 9.73. The number of hydrogen-bond donors (Lipinski definition) is 0. The molecule has 1 heterocycles. The molecule has 0 radical (unpaired) electrons. The molecule has 0 unspecified atom stereocenters. The fraction of sp³-hybridized carbons (Fsp3) is 0.652. The van der Waals surface area contributed by atoms with Crippen molar-refractivity contribution in [3.05, 3.63) is 47.5 Å². The van der Waals surface area contributed by atoms with Crippen molar-refractivity contribution < 1.29 is 4.74 Å². The molecule has 27 heavy (non-hydrogen) atoms. The van der Waals surface area contributed by atoms with Crippen LogP contribution in [0.1, 0.15) is 44.1 Å². The summed E-state index contributed by atoms with van der Waals surface area (Å²) >= 11 is 6.21. The molecular weight excluding hydrogens is 356 g/mol. The SMILES string of the molecule is C=CCN(CC1CC1)C1(c2ccc(Cl)cc2)CCC(N2CCOCC2)CC1. The number of morpholine rings is 1. The number of halogens is 1. The van der Waals surface area contributed by atoms with Crippen molar-refractivity contribution in [3.63, 3.8) is 0 Å². The summed E-state index contributed by atoms with van der Waals surface area (Å²) < 4.78 is 5.56. The zero-order valence-electron chi connectivity index (χ0n) is 16.4. The van der Waals surface area contributed by atoms with Crippen LogP contribution in [0.15, 0.2) is 36.9 Å². The third-order valence-electron chi connectivity index (χ3n) is 6.86. The average Bonchev–Trinajstić information content (AvgIpc) is 3.53. The van der Waals surface area contributed by atoms with Crippen molar-refractivity contribution in [1.29, 1.82) is 0 Å². The molecule has 0 bridgehead atoms. The van der Waals surface area contributed by atoms with E-state index in [4.69, 9.17) is 16.3 Å². The molecule has 3 fully saturated rings. The third-order valence-corrected chi connectivity index (χ3v) is 7.11. The molecule has 1 saturated heterocycles. The number of nitrogens with zero attached hydrogens (tertiary/aromatic N) is 2. The molecule has 1 aliphatic heterocycles. The summed E-state index contributed by atoms with van der Waals surface area (Å²) in [5.74, 6) is 0.881. The molecule has 4 heteroatoms. The summed E-state index contributed by atoms with van der Waals surface area (Å²) in [6.45, 7) is 10.2. The van der Waals surface area contributed by atoms with Gasteiger partial charge in [0.2, 0.25) is 0 Å². The molecule has 0 N–H and O–H groups in total. The van der Waals surface area contributed by atoms with Gasteiger partial charge in [0.05, 0.1) is 13.2 Å². The zero-order chi connectivity index (χ0) is 18.7. The Hall–Kier alpha value is -0.870. The number of hydrogen-bond acceptors (Lipinski definition) is 3. The molecule has 148 valence electrons. The van der Waals surface area contributed by atoms with Gasteiger partial charge in [-0.1, -0.05) is 29.8 Å². The Labute approximate surface area is 169 Å². The van der Waals surface area contributed by atoms with Crippen molar-refractivity contribution in [1.82, 2.24) is 9.80 Å². The van der Waals surface area contributed by atoms with Gasteiger partial charge in [-0.3, -0.25) is 9.80 Å². The second-order valence-electron chi connectivity index (χ2n) is 8.56. The summed E-state index contributed by atoms with van der Waals surface area (Å²) in [4.78, 5) is 5.39. The Morgan fingerprint density at radius 3 is 2.37 bits per heavy atom. The van der Waals surface area contributed by atoms with Gasteiger partial charge in [0.1, 0.15) is 0 Å². The predicted octanol–water partition coefficient (Wildman–Crippen LogP) is 4.71. The van der Waals surface area contributed by atoms with Crippen LogP contribution in [0.3, 0.4) is 0 Å². The van der Waals surface area contributed by atoms with E-state index in [1.54, 1.807) is 0 Å². The molecule has 2 aliphatic carbocycles. The average molecular weight is 389 g/mol. The molecule has 1 aromatic carbocycles. The smallest absolute Gasteiger partial charge is 0.0594 e. The maximum Gasteiger partial charge on any atom is 0.0594 e. The second-order valence-corrected chi connectivity index (χ2v) is 8.99. The Bertz CT molecular complexity index is 614. The quantitative estimate of drug-likeness (QED) is 0.629. The maximum absolute atomic E-state index is 6.21. The Morgan fingerprint density at radius 1 is 1.11 bits per heavy atom. The van der Waals surface area contributed by atoms with Gasteiger partial charge in [-0.05, 0) is 62.1 Å². The second kappa shape index (κ2) is 8.65. The molecule has 0 spiro atoms. The highest BCUT2D eigenvalue weighted by atomic mass is 35.5. The van der Waals surface area contributed by atoms with Crippen molar-refractivity contribution in [3.8, 4) is 0 Å². The number of rotatable bonds is 7. The standard InChI is InChI=1S/C23H33ClN2O/c1-2-13-26(18-19-3-4-19)23(20-5-7-21(24)8-6-20)11-9-22(10-12-23)25-14-16-27-17-15-25/h2,5-8,19,22H,1,3-4,9-18H2. The molecule has 1 aromatic rings. The lowest BCUT2D eigenvalue weighted by molar-refractivity contribution is -0.0196. The molecule has 3 nitrogen and oxygen atoms in total. The van der Waals surface area contributed by atoms with Gasteiger partial charge >= 0.3 is 0 Å². The van der Waals surface area contributed by atoms with E-state index in [1.165, 1.54) is 50.6 Å². The van der Waals surface area contributed by atoms with E-state index < -0.39 is 0 Å². The van der Waals surface area contributed by atoms with Crippen molar-refractivity contribution in [2.24, 2.45) is 5.92 Å². The van der Waals surface area contributed by atoms with E-state index in [0.29, 0.717) is 6.04 Å². The molecule has 3 aliphatic rings. The first-order valence-corrected chi connectivity index (χ1v) is 11.0. The maximum atomic E-state index is 6.21. The summed E-state index contributed by atoms with van der Waals surface area (Å²) in [6, 6.07) is 9.37. The van der Waals surface area contributed by atoms with Crippen LogP contribution in [-0.4, -0.2) is 55.2 Å². The Balaban J connectivity index is 1.56. The van der Waals surface area contributed by atoms with Gasteiger partial charge < -0.3 is 4.74 Å². The summed E-state index contributed by atoms with van der Waals surface area (Å²) in [5, 5.41) is 0.827. The van der Waals surface area contributed by atoms with Gasteiger partial charge in [0.15, 0.2) is 0 Å². The molecule has 0 aromatic heterocycles. The topological polar surface area (TPSA) is 15.7 Å².